The smallest absolute Gasteiger partial charge is 0.416 e. The van der Waals surface area contributed by atoms with Crippen molar-refractivity contribution in [2.75, 3.05) is 6.79 Å². The first kappa shape index (κ1) is 18.5. The number of aryl methyl sites for hydroxylation is 1. The van der Waals surface area contributed by atoms with E-state index in [0.29, 0.717) is 23.1 Å². The third-order valence-corrected chi connectivity index (χ3v) is 5.59. The third kappa shape index (κ3) is 3.63. The predicted octanol–water partition coefficient (Wildman–Crippen LogP) is 3.78. The van der Waals surface area contributed by atoms with Crippen LogP contribution in [-0.4, -0.2) is 15.2 Å². The van der Waals surface area contributed by atoms with Crippen LogP contribution in [0.5, 0.6) is 11.5 Å². The highest BCUT2D eigenvalue weighted by molar-refractivity contribution is 7.89. The molecule has 1 atom stereocenters. The van der Waals surface area contributed by atoms with Crippen LogP contribution in [0.2, 0.25) is 0 Å². The molecule has 0 aliphatic carbocycles. The molecule has 26 heavy (non-hydrogen) atoms. The van der Waals surface area contributed by atoms with Crippen LogP contribution in [0.1, 0.15) is 29.7 Å². The molecule has 0 bridgehead atoms. The van der Waals surface area contributed by atoms with Crippen LogP contribution >= 0.6 is 0 Å². The summed E-state index contributed by atoms with van der Waals surface area (Å²) in [5.41, 5.74) is -0.419. The number of fused-ring (bicyclic) bond motifs is 1. The topological polar surface area (TPSA) is 64.6 Å². The molecule has 140 valence electrons. The Morgan fingerprint density at radius 3 is 2.46 bits per heavy atom. The number of halogens is 3. The van der Waals surface area contributed by atoms with Crippen molar-refractivity contribution < 1.29 is 31.1 Å². The molecule has 0 spiro atoms. The van der Waals surface area contributed by atoms with Crippen molar-refractivity contribution in [2.45, 2.75) is 31.0 Å². The number of nitrogens with one attached hydrogen (secondary N) is 1. The van der Waals surface area contributed by atoms with Gasteiger partial charge in [-0.1, -0.05) is 12.1 Å². The van der Waals surface area contributed by atoms with Gasteiger partial charge in [-0.15, -0.1) is 0 Å². The summed E-state index contributed by atoms with van der Waals surface area (Å²) in [6, 6.07) is 7.20. The van der Waals surface area contributed by atoms with E-state index in [-0.39, 0.29) is 12.4 Å². The maximum absolute atomic E-state index is 13.0. The maximum atomic E-state index is 13.0. The van der Waals surface area contributed by atoms with Gasteiger partial charge in [-0.3, -0.25) is 0 Å². The molecule has 0 saturated heterocycles. The highest BCUT2D eigenvalue weighted by Gasteiger charge is 2.34. The molecule has 0 aromatic heterocycles. The maximum Gasteiger partial charge on any atom is 0.416 e. The van der Waals surface area contributed by atoms with E-state index in [2.05, 4.69) is 4.72 Å². The van der Waals surface area contributed by atoms with Gasteiger partial charge in [0.25, 0.3) is 0 Å². The Balaban J connectivity index is 1.87. The quantitative estimate of drug-likeness (QED) is 0.867. The van der Waals surface area contributed by atoms with Gasteiger partial charge in [0.1, 0.15) is 0 Å². The molecule has 5 nitrogen and oxygen atoms in total. The van der Waals surface area contributed by atoms with E-state index in [1.165, 1.54) is 6.92 Å². The first-order chi connectivity index (χ1) is 12.1. The molecule has 9 heteroatoms. The average Bonchev–Trinajstić information content (AvgIpc) is 3.01. The van der Waals surface area contributed by atoms with E-state index in [4.69, 9.17) is 9.47 Å². The molecular formula is C17H16F3NO4S. The SMILES string of the molecule is Cc1ccc(S(=O)(=O)NC(C)c2ccc3c(c2)OCO3)cc1C(F)(F)F. The van der Waals surface area contributed by atoms with Crippen LogP contribution in [0.3, 0.4) is 0 Å². The van der Waals surface area contributed by atoms with Crippen molar-refractivity contribution in [1.29, 1.82) is 0 Å². The molecule has 0 amide bonds. The lowest BCUT2D eigenvalue weighted by atomic mass is 10.1. The summed E-state index contributed by atoms with van der Waals surface area (Å²) in [6.45, 7) is 2.96. The minimum atomic E-state index is -4.63. The van der Waals surface area contributed by atoms with Gasteiger partial charge in [-0.05, 0) is 49.2 Å². The van der Waals surface area contributed by atoms with E-state index in [1.807, 2.05) is 0 Å². The molecular weight excluding hydrogens is 371 g/mol. The van der Waals surface area contributed by atoms with E-state index in [9.17, 15) is 21.6 Å². The van der Waals surface area contributed by atoms with Crippen molar-refractivity contribution in [1.82, 2.24) is 4.72 Å². The number of ether oxygens (including phenoxy) is 2. The van der Waals surface area contributed by atoms with Gasteiger partial charge in [0.2, 0.25) is 16.8 Å². The summed E-state index contributed by atoms with van der Waals surface area (Å²) >= 11 is 0. The molecule has 1 unspecified atom stereocenters. The highest BCUT2D eigenvalue weighted by Crippen LogP contribution is 2.35. The molecule has 1 N–H and O–H groups in total. The second-order valence-corrected chi connectivity index (χ2v) is 7.64. The fourth-order valence-electron chi connectivity index (χ4n) is 2.62. The summed E-state index contributed by atoms with van der Waals surface area (Å²) in [6.07, 6.45) is -4.63. The second kappa shape index (κ2) is 6.48. The lowest BCUT2D eigenvalue weighted by molar-refractivity contribution is -0.138. The van der Waals surface area contributed by atoms with Crippen molar-refractivity contribution in [2.24, 2.45) is 0 Å². The molecule has 1 aliphatic rings. The van der Waals surface area contributed by atoms with Gasteiger partial charge in [-0.2, -0.15) is 13.2 Å². The summed E-state index contributed by atoms with van der Waals surface area (Å²) in [7, 11) is -4.14. The Kier molecular flexibility index (Phi) is 4.61. The zero-order valence-corrected chi connectivity index (χ0v) is 14.7. The Bertz CT molecular complexity index is 942. The number of alkyl halides is 3. The van der Waals surface area contributed by atoms with Crippen molar-refractivity contribution in [3.8, 4) is 11.5 Å². The van der Waals surface area contributed by atoms with E-state index >= 15 is 0 Å². The van der Waals surface area contributed by atoms with E-state index in [1.54, 1.807) is 25.1 Å². The summed E-state index contributed by atoms with van der Waals surface area (Å²) in [4.78, 5) is -0.442. The van der Waals surface area contributed by atoms with Crippen LogP contribution in [-0.2, 0) is 16.2 Å². The Labute approximate surface area is 148 Å². The van der Waals surface area contributed by atoms with Crippen molar-refractivity contribution >= 4 is 10.0 Å². The molecule has 3 rings (SSSR count). The fourth-order valence-corrected chi connectivity index (χ4v) is 3.88. The van der Waals surface area contributed by atoms with E-state index < -0.39 is 32.7 Å². The zero-order chi connectivity index (χ0) is 19.1. The average molecular weight is 387 g/mol. The van der Waals surface area contributed by atoms with E-state index in [0.717, 1.165) is 12.1 Å². The highest BCUT2D eigenvalue weighted by atomic mass is 32.2. The Morgan fingerprint density at radius 2 is 1.77 bits per heavy atom. The predicted molar refractivity (Wildman–Crippen MR) is 87.5 cm³/mol. The molecule has 0 radical (unpaired) electrons. The lowest BCUT2D eigenvalue weighted by Crippen LogP contribution is -2.27. The first-order valence-corrected chi connectivity index (χ1v) is 9.16. The number of hydrogen-bond acceptors (Lipinski definition) is 4. The number of hydrogen-bond donors (Lipinski definition) is 1. The third-order valence-electron chi connectivity index (χ3n) is 4.05. The normalized spacial score (nSPS) is 15.1. The zero-order valence-electron chi connectivity index (χ0n) is 13.9. The fraction of sp³-hybridized carbons (Fsp3) is 0.294. The lowest BCUT2D eigenvalue weighted by Gasteiger charge is -2.17. The van der Waals surface area contributed by atoms with Crippen LogP contribution < -0.4 is 14.2 Å². The second-order valence-electron chi connectivity index (χ2n) is 5.93. The van der Waals surface area contributed by atoms with Crippen LogP contribution in [0.4, 0.5) is 13.2 Å². The van der Waals surface area contributed by atoms with Gasteiger partial charge in [0.05, 0.1) is 10.5 Å². The Morgan fingerprint density at radius 1 is 1.08 bits per heavy atom. The van der Waals surface area contributed by atoms with Gasteiger partial charge in [0.15, 0.2) is 11.5 Å². The van der Waals surface area contributed by atoms with Crippen molar-refractivity contribution in [3.63, 3.8) is 0 Å². The Hall–Kier alpha value is -2.26. The number of rotatable bonds is 4. The van der Waals surface area contributed by atoms with Crippen molar-refractivity contribution in [3.05, 3.63) is 53.1 Å². The van der Waals surface area contributed by atoms with Gasteiger partial charge in [-0.25, -0.2) is 13.1 Å². The summed E-state index contributed by atoms with van der Waals surface area (Å²) in [5.74, 6) is 1.04. The van der Waals surface area contributed by atoms with Gasteiger partial charge in [0, 0.05) is 6.04 Å². The van der Waals surface area contributed by atoms with Crippen LogP contribution in [0.25, 0.3) is 0 Å². The largest absolute Gasteiger partial charge is 0.454 e. The first-order valence-electron chi connectivity index (χ1n) is 7.67. The monoisotopic (exact) mass is 387 g/mol. The standard InChI is InChI=1S/C17H16F3NO4S/c1-10-3-5-13(8-14(10)17(18,19)20)26(22,23)21-11(2)12-4-6-15-16(7-12)25-9-24-15/h3-8,11,21H,9H2,1-2H3. The van der Waals surface area contributed by atoms with Gasteiger partial charge < -0.3 is 9.47 Å². The van der Waals surface area contributed by atoms with Gasteiger partial charge >= 0.3 is 6.18 Å². The van der Waals surface area contributed by atoms with Crippen LogP contribution in [0.15, 0.2) is 41.3 Å². The summed E-state index contributed by atoms with van der Waals surface area (Å²) in [5, 5.41) is 0. The molecule has 1 heterocycles. The molecule has 1 aliphatic heterocycles. The number of benzene rings is 2. The minimum absolute atomic E-state index is 0.0414. The van der Waals surface area contributed by atoms with Crippen LogP contribution in [0, 0.1) is 6.92 Å². The molecule has 0 fully saturated rings. The molecule has 2 aromatic rings. The summed E-state index contributed by atoms with van der Waals surface area (Å²) < 4.78 is 76.9. The molecule has 0 saturated carbocycles. The molecule has 2 aromatic carbocycles. The number of sulfonamides is 1. The minimum Gasteiger partial charge on any atom is -0.454 e.